The molecule has 1 atom stereocenters. The van der Waals surface area contributed by atoms with Gasteiger partial charge in [-0.3, -0.25) is 4.90 Å². The van der Waals surface area contributed by atoms with Gasteiger partial charge in [0.05, 0.1) is 18.9 Å². The number of hydrogen-bond acceptors (Lipinski definition) is 5. The van der Waals surface area contributed by atoms with Gasteiger partial charge in [-0.2, -0.15) is 0 Å². The Morgan fingerprint density at radius 1 is 1.23 bits per heavy atom. The molecule has 4 rings (SSSR count). The predicted molar refractivity (Wildman–Crippen MR) is 113 cm³/mol. The highest BCUT2D eigenvalue weighted by Crippen LogP contribution is 2.28. The lowest BCUT2D eigenvalue weighted by molar-refractivity contribution is 0.0693. The Kier molecular flexibility index (Phi) is 6.14. The molecule has 2 aromatic carbocycles. The van der Waals surface area contributed by atoms with E-state index < -0.39 is 5.97 Å². The van der Waals surface area contributed by atoms with Crippen LogP contribution in [0.4, 0.5) is 0 Å². The molecule has 1 unspecified atom stereocenters. The third-order valence-corrected chi connectivity index (χ3v) is 5.61. The summed E-state index contributed by atoms with van der Waals surface area (Å²) in [6.07, 6.45) is 4.58. The number of piperidine rings is 1. The Balaban J connectivity index is 1.41. The van der Waals surface area contributed by atoms with E-state index in [0.717, 1.165) is 54.5 Å². The first-order valence-electron chi connectivity index (χ1n) is 10.2. The lowest BCUT2D eigenvalue weighted by Gasteiger charge is -2.31. The van der Waals surface area contributed by atoms with E-state index in [2.05, 4.69) is 9.88 Å². The fraction of sp³-hybridized carbons (Fsp3) is 0.333. The van der Waals surface area contributed by atoms with Crippen molar-refractivity contribution in [3.63, 3.8) is 0 Å². The van der Waals surface area contributed by atoms with Crippen LogP contribution in [0.5, 0.6) is 5.75 Å². The lowest BCUT2D eigenvalue weighted by atomic mass is 9.97. The summed E-state index contributed by atoms with van der Waals surface area (Å²) in [6.45, 7) is 2.39. The van der Waals surface area contributed by atoms with E-state index in [1.165, 1.54) is 0 Å². The Hall–Kier alpha value is -3.12. The van der Waals surface area contributed by atoms with Crippen molar-refractivity contribution in [1.82, 2.24) is 9.88 Å². The van der Waals surface area contributed by atoms with Gasteiger partial charge in [0.25, 0.3) is 0 Å². The maximum absolute atomic E-state index is 11.5. The summed E-state index contributed by atoms with van der Waals surface area (Å²) in [5, 5.41) is 9.43. The third-order valence-electron chi connectivity index (χ3n) is 5.61. The van der Waals surface area contributed by atoms with Gasteiger partial charge < -0.3 is 14.3 Å². The van der Waals surface area contributed by atoms with Crippen LogP contribution in [0, 0.1) is 0 Å². The molecule has 1 fully saturated rings. The molecule has 0 spiro atoms. The van der Waals surface area contributed by atoms with Crippen molar-refractivity contribution in [1.29, 1.82) is 0 Å². The van der Waals surface area contributed by atoms with Crippen LogP contribution in [0.1, 0.15) is 51.9 Å². The van der Waals surface area contributed by atoms with Gasteiger partial charge in [0, 0.05) is 25.4 Å². The lowest BCUT2D eigenvalue weighted by Crippen LogP contribution is -2.34. The average Bonchev–Trinajstić information content (AvgIpc) is 3.23. The summed E-state index contributed by atoms with van der Waals surface area (Å²) in [6, 6.07) is 15.2. The van der Waals surface area contributed by atoms with E-state index in [-0.39, 0.29) is 5.92 Å². The minimum Gasteiger partial charge on any atom is -0.497 e. The number of carbonyl (C=O) groups is 1. The highest BCUT2D eigenvalue weighted by atomic mass is 16.5. The van der Waals surface area contributed by atoms with Crippen LogP contribution < -0.4 is 4.74 Å². The van der Waals surface area contributed by atoms with Crippen LogP contribution in [0.15, 0.2) is 59.1 Å². The maximum atomic E-state index is 11.5. The van der Waals surface area contributed by atoms with E-state index in [9.17, 15) is 9.90 Å². The minimum absolute atomic E-state index is 0.223. The summed E-state index contributed by atoms with van der Waals surface area (Å²) >= 11 is 0. The van der Waals surface area contributed by atoms with Crippen molar-refractivity contribution < 1.29 is 19.1 Å². The van der Waals surface area contributed by atoms with Crippen molar-refractivity contribution >= 4 is 5.97 Å². The molecular weight excluding hydrogens is 380 g/mol. The Morgan fingerprint density at radius 3 is 2.80 bits per heavy atom. The zero-order valence-electron chi connectivity index (χ0n) is 17.1. The monoisotopic (exact) mass is 406 g/mol. The molecule has 2 heterocycles. The van der Waals surface area contributed by atoms with Gasteiger partial charge in [-0.15, -0.1) is 0 Å². The van der Waals surface area contributed by atoms with E-state index in [4.69, 9.17) is 9.15 Å². The summed E-state index contributed by atoms with van der Waals surface area (Å²) in [5.41, 5.74) is 2.37. The predicted octanol–water partition coefficient (Wildman–Crippen LogP) is 4.35. The molecule has 0 radical (unpaired) electrons. The molecule has 6 nitrogen and oxygen atoms in total. The summed E-state index contributed by atoms with van der Waals surface area (Å²) in [7, 11) is 1.66. The molecule has 6 heteroatoms. The molecule has 1 N–H and O–H groups in total. The number of ether oxygens (including phenoxy) is 1. The average molecular weight is 406 g/mol. The topological polar surface area (TPSA) is 75.8 Å². The minimum atomic E-state index is -0.880. The Morgan fingerprint density at radius 2 is 2.03 bits per heavy atom. The summed E-state index contributed by atoms with van der Waals surface area (Å²) in [4.78, 5) is 18.3. The highest BCUT2D eigenvalue weighted by molar-refractivity contribution is 5.89. The second-order valence-electron chi connectivity index (χ2n) is 7.73. The molecule has 3 aromatic rings. The fourth-order valence-corrected chi connectivity index (χ4v) is 4.05. The van der Waals surface area contributed by atoms with E-state index in [0.29, 0.717) is 18.5 Å². The number of methoxy groups -OCH3 is 1. The zero-order valence-corrected chi connectivity index (χ0v) is 17.1. The molecule has 0 saturated carbocycles. The number of oxazole rings is 1. The fourth-order valence-electron chi connectivity index (χ4n) is 4.05. The van der Waals surface area contributed by atoms with Gasteiger partial charge >= 0.3 is 5.97 Å². The molecule has 0 amide bonds. The van der Waals surface area contributed by atoms with Gasteiger partial charge in [0.1, 0.15) is 11.5 Å². The third kappa shape index (κ3) is 4.71. The molecule has 1 aliphatic rings. The second kappa shape index (κ2) is 9.13. The number of aromatic nitrogens is 1. The smallest absolute Gasteiger partial charge is 0.336 e. The van der Waals surface area contributed by atoms with Gasteiger partial charge in [-0.25, -0.2) is 9.78 Å². The standard InChI is InChI=1S/C24H26N2O4/c1-29-20-10-8-17(9-11-20)13-21-14-25-23(30-21)19-6-4-12-26(16-19)15-18-5-2-3-7-22(18)24(27)28/h2-3,5,7-11,14,19H,4,6,12-13,15-16H2,1H3,(H,27,28). The zero-order chi connectivity index (χ0) is 20.9. The largest absolute Gasteiger partial charge is 0.497 e. The van der Waals surface area contributed by atoms with Crippen LogP contribution >= 0.6 is 0 Å². The number of rotatable bonds is 7. The Bertz CT molecular complexity index is 996. The van der Waals surface area contributed by atoms with Crippen LogP contribution in [-0.4, -0.2) is 41.2 Å². The number of hydrogen-bond donors (Lipinski definition) is 1. The second-order valence-corrected chi connectivity index (χ2v) is 7.73. The van der Waals surface area contributed by atoms with Gasteiger partial charge in [-0.05, 0) is 48.7 Å². The molecule has 30 heavy (non-hydrogen) atoms. The van der Waals surface area contributed by atoms with E-state index >= 15 is 0 Å². The first-order valence-corrected chi connectivity index (χ1v) is 10.2. The van der Waals surface area contributed by atoms with E-state index in [1.54, 1.807) is 19.2 Å². The normalized spacial score (nSPS) is 17.0. The first kappa shape index (κ1) is 20.2. The number of benzene rings is 2. The first-order chi connectivity index (χ1) is 14.6. The number of likely N-dealkylation sites (tertiary alicyclic amines) is 1. The molecule has 0 bridgehead atoms. The van der Waals surface area contributed by atoms with Crippen LogP contribution in [-0.2, 0) is 13.0 Å². The number of nitrogens with zero attached hydrogens (tertiary/aromatic N) is 2. The van der Waals surface area contributed by atoms with Crippen molar-refractivity contribution in [2.45, 2.75) is 31.7 Å². The molecule has 156 valence electrons. The number of carboxylic acids is 1. The van der Waals surface area contributed by atoms with Crippen molar-refractivity contribution in [3.05, 3.63) is 83.1 Å². The van der Waals surface area contributed by atoms with Crippen molar-refractivity contribution in [3.8, 4) is 5.75 Å². The van der Waals surface area contributed by atoms with Crippen LogP contribution in [0.2, 0.25) is 0 Å². The number of carboxylic acid groups (broad SMARTS) is 1. The van der Waals surface area contributed by atoms with Crippen LogP contribution in [0.25, 0.3) is 0 Å². The van der Waals surface area contributed by atoms with Gasteiger partial charge in [0.15, 0.2) is 5.89 Å². The SMILES string of the molecule is COc1ccc(Cc2cnc(C3CCCN(Cc4ccccc4C(=O)O)C3)o2)cc1. The quantitative estimate of drug-likeness (QED) is 0.629. The maximum Gasteiger partial charge on any atom is 0.336 e. The summed E-state index contributed by atoms with van der Waals surface area (Å²) in [5.74, 6) is 1.80. The van der Waals surface area contributed by atoms with Gasteiger partial charge in [0.2, 0.25) is 0 Å². The molecule has 0 aliphatic carbocycles. The molecule has 1 aliphatic heterocycles. The Labute approximate surface area is 176 Å². The summed E-state index contributed by atoms with van der Waals surface area (Å²) < 4.78 is 11.3. The highest BCUT2D eigenvalue weighted by Gasteiger charge is 2.26. The van der Waals surface area contributed by atoms with Gasteiger partial charge in [-0.1, -0.05) is 30.3 Å². The van der Waals surface area contributed by atoms with E-state index in [1.807, 2.05) is 42.6 Å². The van der Waals surface area contributed by atoms with Crippen molar-refractivity contribution in [2.24, 2.45) is 0 Å². The molecule has 1 saturated heterocycles. The molecular formula is C24H26N2O4. The molecule has 1 aromatic heterocycles. The number of aromatic carboxylic acids is 1. The van der Waals surface area contributed by atoms with Crippen LogP contribution in [0.3, 0.4) is 0 Å². The van der Waals surface area contributed by atoms with Crippen molar-refractivity contribution in [2.75, 3.05) is 20.2 Å².